The van der Waals surface area contributed by atoms with Crippen LogP contribution in [-0.4, -0.2) is 39.3 Å². The van der Waals surface area contributed by atoms with E-state index in [9.17, 15) is 14.0 Å². The highest BCUT2D eigenvalue weighted by atomic mass is 19.1. The van der Waals surface area contributed by atoms with Gasteiger partial charge in [0.05, 0.1) is 16.9 Å². The van der Waals surface area contributed by atoms with Crippen LogP contribution in [0.25, 0.3) is 16.8 Å². The van der Waals surface area contributed by atoms with E-state index in [4.69, 9.17) is 0 Å². The van der Waals surface area contributed by atoms with E-state index in [2.05, 4.69) is 27.2 Å². The average molecular weight is 522 g/mol. The van der Waals surface area contributed by atoms with Gasteiger partial charge in [-0.15, -0.1) is 0 Å². The monoisotopic (exact) mass is 521 g/mol. The van der Waals surface area contributed by atoms with Crippen LogP contribution < -0.4 is 10.6 Å². The molecule has 2 aliphatic rings. The van der Waals surface area contributed by atoms with Crippen LogP contribution in [0.1, 0.15) is 40.9 Å². The number of H-pyrrole nitrogens is 1. The fourth-order valence-electron chi connectivity index (χ4n) is 5.48. The summed E-state index contributed by atoms with van der Waals surface area (Å²) in [5.74, 6) is -0.501. The van der Waals surface area contributed by atoms with Gasteiger partial charge in [-0.1, -0.05) is 36.9 Å². The van der Waals surface area contributed by atoms with E-state index in [1.54, 1.807) is 12.3 Å². The predicted molar refractivity (Wildman–Crippen MR) is 150 cm³/mol. The van der Waals surface area contributed by atoms with Crippen molar-refractivity contribution in [2.24, 2.45) is 0 Å². The van der Waals surface area contributed by atoms with Crippen molar-refractivity contribution in [3.8, 4) is 11.3 Å². The largest absolute Gasteiger partial charge is 0.356 e. The number of halogens is 1. The molecule has 3 heterocycles. The lowest BCUT2D eigenvalue weighted by molar-refractivity contribution is -0.111. The van der Waals surface area contributed by atoms with E-state index in [1.165, 1.54) is 24.3 Å². The molecule has 3 N–H and O–H groups in total. The van der Waals surface area contributed by atoms with Gasteiger partial charge in [-0.05, 0) is 61.2 Å². The van der Waals surface area contributed by atoms with E-state index < -0.39 is 5.91 Å². The molecule has 0 radical (unpaired) electrons. The molecule has 1 aliphatic heterocycles. The summed E-state index contributed by atoms with van der Waals surface area (Å²) < 4.78 is 13.3. The highest BCUT2D eigenvalue weighted by molar-refractivity contribution is 6.24. The Kier molecular flexibility index (Phi) is 6.02. The van der Waals surface area contributed by atoms with Gasteiger partial charge in [-0.2, -0.15) is 0 Å². The van der Waals surface area contributed by atoms with Crippen LogP contribution in [0.15, 0.2) is 79.5 Å². The second-order valence-electron chi connectivity index (χ2n) is 10.2. The highest BCUT2D eigenvalue weighted by Gasteiger charge is 2.49. The first-order chi connectivity index (χ1) is 18.8. The number of aromatic amines is 1. The zero-order chi connectivity index (χ0) is 27.1. The van der Waals surface area contributed by atoms with Gasteiger partial charge in [0.2, 0.25) is 0 Å². The third-order valence-corrected chi connectivity index (χ3v) is 7.90. The Morgan fingerprint density at radius 3 is 2.54 bits per heavy atom. The quantitative estimate of drug-likeness (QED) is 0.265. The maximum Gasteiger partial charge on any atom is 0.258 e. The zero-order valence-corrected chi connectivity index (χ0v) is 21.6. The summed E-state index contributed by atoms with van der Waals surface area (Å²) in [4.78, 5) is 36.3. The van der Waals surface area contributed by atoms with Gasteiger partial charge in [-0.3, -0.25) is 9.59 Å². The minimum Gasteiger partial charge on any atom is -0.356 e. The number of anilines is 3. The first-order valence-electron chi connectivity index (χ1n) is 12.9. The van der Waals surface area contributed by atoms with Crippen molar-refractivity contribution in [1.29, 1.82) is 0 Å². The molecule has 0 bridgehead atoms. The number of pyridine rings is 1. The Bertz CT molecular complexity index is 1590. The van der Waals surface area contributed by atoms with Gasteiger partial charge in [-0.25, -0.2) is 9.37 Å². The molecule has 2 aromatic heterocycles. The smallest absolute Gasteiger partial charge is 0.258 e. The molecule has 0 unspecified atom stereocenters. The maximum atomic E-state index is 13.7. The molecule has 4 aromatic rings. The van der Waals surface area contributed by atoms with Crippen molar-refractivity contribution in [2.45, 2.75) is 31.2 Å². The molecule has 196 valence electrons. The van der Waals surface area contributed by atoms with Crippen molar-refractivity contribution >= 4 is 34.6 Å². The summed E-state index contributed by atoms with van der Waals surface area (Å²) in [6.45, 7) is 3.86. The lowest BCUT2D eigenvalue weighted by Crippen LogP contribution is -2.58. The molecule has 2 aromatic carbocycles. The number of para-hydroxylation sites is 1. The number of likely N-dealkylation sites (N-methyl/N-ethyl adjacent to an activating group) is 1. The number of carbonyl (C=O) groups is 2. The van der Waals surface area contributed by atoms with Crippen LogP contribution in [0, 0.1) is 5.82 Å². The van der Waals surface area contributed by atoms with Crippen LogP contribution in [0.2, 0.25) is 0 Å². The lowest BCUT2D eigenvalue weighted by atomic mass is 9.70. The van der Waals surface area contributed by atoms with Crippen LogP contribution in [0.3, 0.4) is 0 Å². The number of rotatable bonds is 6. The van der Waals surface area contributed by atoms with E-state index >= 15 is 0 Å². The normalized spacial score (nSPS) is 15.4. The standard InChI is InChI=1S/C31H28FN5O2/c1-19(20-9-11-22(32)12-10-20)29(38)36-25-17-21(13-16-33-25)27-28(34-23-7-4-3-5-8-23)26-24(35-27)18-31(14-6-15-31)37(2)30(26)39/h3-5,7-13,16-17,34-35H,1,6,14-15,18H2,2H3,(H,33,36,38). The Balaban J connectivity index is 1.36. The summed E-state index contributed by atoms with van der Waals surface area (Å²) in [7, 11) is 1.90. The average Bonchev–Trinajstić information content (AvgIpc) is 3.28. The summed E-state index contributed by atoms with van der Waals surface area (Å²) in [5, 5.41) is 6.26. The SMILES string of the molecule is C=C(C(=O)Nc1cc(-c2[nH]c3c(c2Nc2ccccc2)C(=O)N(C)C2(CCC2)C3)ccn1)c1ccc(F)cc1. The number of hydrogen-bond acceptors (Lipinski definition) is 4. The molecule has 8 heteroatoms. The van der Waals surface area contributed by atoms with E-state index in [-0.39, 0.29) is 22.8 Å². The Morgan fingerprint density at radius 1 is 1.10 bits per heavy atom. The highest BCUT2D eigenvalue weighted by Crippen LogP contribution is 2.47. The number of nitrogens with zero attached hydrogens (tertiary/aromatic N) is 2. The topological polar surface area (TPSA) is 90.1 Å². The Hall–Kier alpha value is -4.72. The molecule has 0 atom stereocenters. The first-order valence-corrected chi connectivity index (χ1v) is 12.9. The maximum absolute atomic E-state index is 13.7. The number of hydrogen-bond donors (Lipinski definition) is 3. The van der Waals surface area contributed by atoms with Gasteiger partial charge in [0.25, 0.3) is 11.8 Å². The van der Waals surface area contributed by atoms with Gasteiger partial charge in [0, 0.05) is 47.7 Å². The number of benzene rings is 2. The van der Waals surface area contributed by atoms with Crippen molar-refractivity contribution < 1.29 is 14.0 Å². The van der Waals surface area contributed by atoms with E-state index in [1.807, 2.05) is 48.3 Å². The molecule has 1 fully saturated rings. The molecular weight excluding hydrogens is 493 g/mol. The molecule has 39 heavy (non-hydrogen) atoms. The van der Waals surface area contributed by atoms with E-state index in [0.29, 0.717) is 22.6 Å². The first kappa shape index (κ1) is 24.6. The molecule has 2 amide bonds. The van der Waals surface area contributed by atoms with Gasteiger partial charge < -0.3 is 20.5 Å². The molecule has 1 aliphatic carbocycles. The second kappa shape index (κ2) is 9.54. The molecule has 1 spiro atoms. The van der Waals surface area contributed by atoms with Crippen molar-refractivity contribution in [3.63, 3.8) is 0 Å². The van der Waals surface area contributed by atoms with Gasteiger partial charge in [0.1, 0.15) is 11.6 Å². The fraction of sp³-hybridized carbons (Fsp3) is 0.194. The molecular formula is C31H28FN5O2. The number of fused-ring (bicyclic) bond motifs is 1. The lowest BCUT2D eigenvalue weighted by Gasteiger charge is -2.51. The third kappa shape index (κ3) is 4.37. The number of carbonyl (C=O) groups excluding carboxylic acids is 2. The summed E-state index contributed by atoms with van der Waals surface area (Å²) in [6, 6.07) is 18.9. The minimum absolute atomic E-state index is 0.00457. The molecule has 0 saturated heterocycles. The van der Waals surface area contributed by atoms with Crippen LogP contribution in [0.5, 0.6) is 0 Å². The summed E-state index contributed by atoms with van der Waals surface area (Å²) >= 11 is 0. The van der Waals surface area contributed by atoms with Crippen LogP contribution in [0.4, 0.5) is 21.6 Å². The van der Waals surface area contributed by atoms with Crippen LogP contribution in [-0.2, 0) is 11.2 Å². The zero-order valence-electron chi connectivity index (χ0n) is 21.6. The number of amides is 2. The number of aromatic nitrogens is 2. The van der Waals surface area contributed by atoms with E-state index in [0.717, 1.165) is 48.3 Å². The second-order valence-corrected chi connectivity index (χ2v) is 10.2. The predicted octanol–water partition coefficient (Wildman–Crippen LogP) is 6.16. The van der Waals surface area contributed by atoms with Crippen molar-refractivity contribution in [3.05, 3.63) is 102 Å². The number of nitrogens with one attached hydrogen (secondary N) is 3. The summed E-state index contributed by atoms with van der Waals surface area (Å²) in [6.07, 6.45) is 5.48. The van der Waals surface area contributed by atoms with Crippen molar-refractivity contribution in [2.75, 3.05) is 17.7 Å². The fourth-order valence-corrected chi connectivity index (χ4v) is 5.48. The Morgan fingerprint density at radius 2 is 1.85 bits per heavy atom. The molecule has 6 rings (SSSR count). The van der Waals surface area contributed by atoms with Crippen LogP contribution >= 0.6 is 0 Å². The molecule has 7 nitrogen and oxygen atoms in total. The minimum atomic E-state index is -0.441. The van der Waals surface area contributed by atoms with Gasteiger partial charge in [0.15, 0.2) is 0 Å². The van der Waals surface area contributed by atoms with Crippen molar-refractivity contribution in [1.82, 2.24) is 14.9 Å². The third-order valence-electron chi connectivity index (χ3n) is 7.90. The van der Waals surface area contributed by atoms with Gasteiger partial charge >= 0.3 is 0 Å². The molecule has 1 saturated carbocycles. The summed E-state index contributed by atoms with van der Waals surface area (Å²) in [5.41, 5.74) is 5.20. The Labute approximate surface area is 225 Å².